The van der Waals surface area contributed by atoms with E-state index < -0.39 is 10.2 Å². The van der Waals surface area contributed by atoms with Crippen molar-refractivity contribution in [2.24, 2.45) is 0 Å². The number of para-hydroxylation sites is 1. The molecule has 0 spiro atoms. The van der Waals surface area contributed by atoms with E-state index in [0.29, 0.717) is 26.2 Å². The lowest BCUT2D eigenvalue weighted by atomic mass is 10.0. The quantitative estimate of drug-likeness (QED) is 0.863. The molecule has 1 saturated heterocycles. The molecule has 20 heavy (non-hydrogen) atoms. The van der Waals surface area contributed by atoms with E-state index >= 15 is 0 Å². The fourth-order valence-corrected chi connectivity index (χ4v) is 3.76. The van der Waals surface area contributed by atoms with Crippen LogP contribution in [0.25, 0.3) is 0 Å². The summed E-state index contributed by atoms with van der Waals surface area (Å²) in [5.41, 5.74) is 2.85. The zero-order valence-electron chi connectivity index (χ0n) is 12.1. The average molecular weight is 297 g/mol. The van der Waals surface area contributed by atoms with Crippen LogP contribution in [-0.4, -0.2) is 38.9 Å². The van der Waals surface area contributed by atoms with Crippen molar-refractivity contribution in [1.82, 2.24) is 9.62 Å². The first-order chi connectivity index (χ1) is 9.58. The van der Waals surface area contributed by atoms with Gasteiger partial charge in [-0.2, -0.15) is 12.7 Å². The van der Waals surface area contributed by atoms with Gasteiger partial charge in [0.1, 0.15) is 0 Å². The van der Waals surface area contributed by atoms with Gasteiger partial charge in [0.05, 0.1) is 5.69 Å². The van der Waals surface area contributed by atoms with E-state index in [2.05, 4.69) is 10.0 Å². The lowest BCUT2D eigenvalue weighted by molar-refractivity contribution is 0.362. The van der Waals surface area contributed by atoms with Gasteiger partial charge in [0.2, 0.25) is 0 Å². The van der Waals surface area contributed by atoms with Crippen molar-refractivity contribution in [2.45, 2.75) is 26.7 Å². The zero-order chi connectivity index (χ0) is 14.6. The first kappa shape index (κ1) is 15.3. The van der Waals surface area contributed by atoms with Crippen molar-refractivity contribution in [2.75, 3.05) is 30.9 Å². The Morgan fingerprint density at radius 2 is 1.70 bits per heavy atom. The molecule has 1 fully saturated rings. The van der Waals surface area contributed by atoms with Crippen LogP contribution in [0, 0.1) is 0 Å². The van der Waals surface area contributed by atoms with Crippen molar-refractivity contribution in [3.05, 3.63) is 29.3 Å². The molecule has 0 aromatic heterocycles. The highest BCUT2D eigenvalue weighted by Crippen LogP contribution is 2.24. The molecule has 1 aliphatic rings. The van der Waals surface area contributed by atoms with E-state index in [4.69, 9.17) is 0 Å². The number of anilines is 1. The maximum absolute atomic E-state index is 12.5. The van der Waals surface area contributed by atoms with Gasteiger partial charge in [-0.25, -0.2) is 0 Å². The molecule has 0 saturated carbocycles. The molecule has 1 heterocycles. The zero-order valence-corrected chi connectivity index (χ0v) is 13.0. The van der Waals surface area contributed by atoms with Crippen molar-refractivity contribution in [3.8, 4) is 0 Å². The minimum Gasteiger partial charge on any atom is -0.314 e. The van der Waals surface area contributed by atoms with Gasteiger partial charge < -0.3 is 5.32 Å². The second-order valence-electron chi connectivity index (χ2n) is 4.91. The summed E-state index contributed by atoms with van der Waals surface area (Å²) in [7, 11) is -3.46. The lowest BCUT2D eigenvalue weighted by Crippen LogP contribution is -2.48. The van der Waals surface area contributed by atoms with Gasteiger partial charge in [0.25, 0.3) is 0 Å². The second kappa shape index (κ2) is 6.56. The third-order valence-electron chi connectivity index (χ3n) is 3.65. The highest BCUT2D eigenvalue weighted by molar-refractivity contribution is 7.90. The molecule has 0 amide bonds. The third kappa shape index (κ3) is 3.31. The maximum Gasteiger partial charge on any atom is 0.301 e. The Hall–Kier alpha value is -1.11. The monoisotopic (exact) mass is 297 g/mol. The highest BCUT2D eigenvalue weighted by Gasteiger charge is 2.24. The van der Waals surface area contributed by atoms with Crippen molar-refractivity contribution < 1.29 is 8.42 Å². The molecule has 5 nitrogen and oxygen atoms in total. The van der Waals surface area contributed by atoms with Crippen LogP contribution in [0.4, 0.5) is 5.69 Å². The molecule has 0 unspecified atom stereocenters. The van der Waals surface area contributed by atoms with Gasteiger partial charge in [-0.3, -0.25) is 4.72 Å². The SMILES string of the molecule is CCc1cccc(CC)c1NS(=O)(=O)N1CCNCC1. The van der Waals surface area contributed by atoms with E-state index in [9.17, 15) is 8.42 Å². The van der Waals surface area contributed by atoms with Crippen LogP contribution in [0.2, 0.25) is 0 Å². The molecule has 0 atom stereocenters. The Morgan fingerprint density at radius 1 is 1.15 bits per heavy atom. The van der Waals surface area contributed by atoms with Crippen LogP contribution in [0.1, 0.15) is 25.0 Å². The molecule has 0 bridgehead atoms. The normalized spacial score (nSPS) is 17.1. The number of nitrogens with one attached hydrogen (secondary N) is 2. The van der Waals surface area contributed by atoms with E-state index in [-0.39, 0.29) is 0 Å². The smallest absolute Gasteiger partial charge is 0.301 e. The van der Waals surface area contributed by atoms with Gasteiger partial charge in [-0.15, -0.1) is 0 Å². The molecular weight excluding hydrogens is 274 g/mol. The number of aryl methyl sites for hydroxylation is 2. The predicted molar refractivity (Wildman–Crippen MR) is 82.2 cm³/mol. The first-order valence-corrected chi connectivity index (χ1v) is 8.61. The summed E-state index contributed by atoms with van der Waals surface area (Å²) in [5, 5.41) is 3.16. The topological polar surface area (TPSA) is 61.4 Å². The largest absolute Gasteiger partial charge is 0.314 e. The number of benzene rings is 1. The number of rotatable bonds is 5. The molecular formula is C14H23N3O2S. The number of piperazine rings is 1. The summed E-state index contributed by atoms with van der Waals surface area (Å²) < 4.78 is 29.3. The summed E-state index contributed by atoms with van der Waals surface area (Å²) in [6.07, 6.45) is 1.63. The molecule has 1 aromatic carbocycles. The molecule has 112 valence electrons. The summed E-state index contributed by atoms with van der Waals surface area (Å²) >= 11 is 0. The molecule has 1 aromatic rings. The average Bonchev–Trinajstić information content (AvgIpc) is 2.48. The van der Waals surface area contributed by atoms with Crippen molar-refractivity contribution >= 4 is 15.9 Å². The number of hydrogen-bond donors (Lipinski definition) is 2. The first-order valence-electron chi connectivity index (χ1n) is 7.17. The lowest BCUT2D eigenvalue weighted by Gasteiger charge is -2.28. The predicted octanol–water partition coefficient (Wildman–Crippen LogP) is 1.37. The maximum atomic E-state index is 12.5. The van der Waals surface area contributed by atoms with E-state index in [1.807, 2.05) is 32.0 Å². The second-order valence-corrected chi connectivity index (χ2v) is 6.59. The number of nitrogens with zero attached hydrogens (tertiary/aromatic N) is 1. The molecule has 0 aliphatic carbocycles. The van der Waals surface area contributed by atoms with Crippen LogP contribution in [0.15, 0.2) is 18.2 Å². The van der Waals surface area contributed by atoms with E-state index in [0.717, 1.165) is 29.7 Å². The Bertz CT molecular complexity index is 529. The minimum atomic E-state index is -3.46. The number of hydrogen-bond acceptors (Lipinski definition) is 3. The molecule has 0 radical (unpaired) electrons. The van der Waals surface area contributed by atoms with Crippen LogP contribution >= 0.6 is 0 Å². The highest BCUT2D eigenvalue weighted by atomic mass is 32.2. The van der Waals surface area contributed by atoms with Crippen LogP contribution in [0.5, 0.6) is 0 Å². The summed E-state index contributed by atoms with van der Waals surface area (Å²) in [4.78, 5) is 0. The van der Waals surface area contributed by atoms with Crippen LogP contribution in [-0.2, 0) is 23.1 Å². The summed E-state index contributed by atoms with van der Waals surface area (Å²) in [6, 6.07) is 5.95. The fraction of sp³-hybridized carbons (Fsp3) is 0.571. The van der Waals surface area contributed by atoms with Gasteiger partial charge in [0.15, 0.2) is 0 Å². The fourth-order valence-electron chi connectivity index (χ4n) is 2.45. The summed E-state index contributed by atoms with van der Waals surface area (Å²) in [5.74, 6) is 0. The Labute approximate surface area is 121 Å². The summed E-state index contributed by atoms with van der Waals surface area (Å²) in [6.45, 7) is 6.53. The molecule has 1 aliphatic heterocycles. The van der Waals surface area contributed by atoms with Gasteiger partial charge in [-0.05, 0) is 24.0 Å². The Kier molecular flexibility index (Phi) is 5.01. The van der Waals surface area contributed by atoms with E-state index in [1.165, 1.54) is 4.31 Å². The van der Waals surface area contributed by atoms with Gasteiger partial charge in [0, 0.05) is 26.2 Å². The van der Waals surface area contributed by atoms with E-state index in [1.54, 1.807) is 0 Å². The molecule has 6 heteroatoms. The van der Waals surface area contributed by atoms with Gasteiger partial charge >= 0.3 is 10.2 Å². The standard InChI is InChI=1S/C14H23N3O2S/c1-3-12-6-5-7-13(4-2)14(12)16-20(18,19)17-10-8-15-9-11-17/h5-7,15-16H,3-4,8-11H2,1-2H3. The van der Waals surface area contributed by atoms with Crippen LogP contribution < -0.4 is 10.0 Å². The van der Waals surface area contributed by atoms with Crippen LogP contribution in [0.3, 0.4) is 0 Å². The molecule has 2 N–H and O–H groups in total. The van der Waals surface area contributed by atoms with Crippen molar-refractivity contribution in [3.63, 3.8) is 0 Å². The van der Waals surface area contributed by atoms with Gasteiger partial charge in [-0.1, -0.05) is 32.0 Å². The Morgan fingerprint density at radius 3 is 2.20 bits per heavy atom. The molecule has 2 rings (SSSR count). The third-order valence-corrected chi connectivity index (χ3v) is 5.15. The minimum absolute atomic E-state index is 0.519. The Balaban J connectivity index is 2.28. The van der Waals surface area contributed by atoms with Crippen molar-refractivity contribution in [1.29, 1.82) is 0 Å².